The van der Waals surface area contributed by atoms with Gasteiger partial charge in [-0.05, 0) is 24.0 Å². The highest BCUT2D eigenvalue weighted by molar-refractivity contribution is 5.78. The molecule has 2 aromatic rings. The molecule has 2 N–H and O–H groups in total. The smallest absolute Gasteiger partial charge is 0.308 e. The first-order valence-corrected chi connectivity index (χ1v) is 8.93. The number of benzene rings is 2. The zero-order chi connectivity index (χ0) is 19.3. The number of aliphatic carboxylic acids is 2. The van der Waals surface area contributed by atoms with Crippen molar-refractivity contribution < 1.29 is 19.8 Å². The summed E-state index contributed by atoms with van der Waals surface area (Å²) in [6.07, 6.45) is 7.53. The monoisotopic (exact) mass is 362 g/mol. The summed E-state index contributed by atoms with van der Waals surface area (Å²) in [5.41, 5.74) is 0.673. The first-order valence-electron chi connectivity index (χ1n) is 8.93. The van der Waals surface area contributed by atoms with Gasteiger partial charge in [0.2, 0.25) is 0 Å². The second-order valence-electron chi connectivity index (χ2n) is 6.88. The topological polar surface area (TPSA) is 74.6 Å². The average molecular weight is 362 g/mol. The lowest BCUT2D eigenvalue weighted by Crippen LogP contribution is -2.44. The fourth-order valence-electron chi connectivity index (χ4n) is 3.86. The molecule has 1 aliphatic carbocycles. The van der Waals surface area contributed by atoms with Crippen molar-refractivity contribution in [1.29, 1.82) is 0 Å². The van der Waals surface area contributed by atoms with Gasteiger partial charge in [0.1, 0.15) is 0 Å². The fraction of sp³-hybridized carbons (Fsp3) is 0.217. The average Bonchev–Trinajstić information content (AvgIpc) is 3.15. The van der Waals surface area contributed by atoms with Crippen LogP contribution in [-0.2, 0) is 22.4 Å². The van der Waals surface area contributed by atoms with E-state index in [2.05, 4.69) is 0 Å². The Morgan fingerprint density at radius 3 is 1.41 bits per heavy atom. The van der Waals surface area contributed by atoms with Gasteiger partial charge in [0.25, 0.3) is 0 Å². The first kappa shape index (κ1) is 18.6. The van der Waals surface area contributed by atoms with Gasteiger partial charge in [-0.15, -0.1) is 0 Å². The summed E-state index contributed by atoms with van der Waals surface area (Å²) in [7, 11) is 0. The minimum atomic E-state index is -1.08. The molecule has 3 rings (SSSR count). The van der Waals surface area contributed by atoms with E-state index in [1.54, 1.807) is 24.3 Å². The van der Waals surface area contributed by atoms with Crippen LogP contribution >= 0.6 is 0 Å². The Hall–Kier alpha value is -3.14. The van der Waals surface area contributed by atoms with Gasteiger partial charge in [-0.3, -0.25) is 9.59 Å². The lowest BCUT2D eigenvalue weighted by molar-refractivity contribution is -0.151. The lowest BCUT2D eigenvalue weighted by Gasteiger charge is -2.37. The van der Waals surface area contributed by atoms with Crippen molar-refractivity contribution in [2.75, 3.05) is 0 Å². The fourth-order valence-corrected chi connectivity index (χ4v) is 3.86. The van der Waals surface area contributed by atoms with Crippen LogP contribution in [-0.4, -0.2) is 22.2 Å². The highest BCUT2D eigenvalue weighted by Gasteiger charge is 2.49. The second kappa shape index (κ2) is 8.04. The van der Waals surface area contributed by atoms with Gasteiger partial charge in [-0.2, -0.15) is 0 Å². The van der Waals surface area contributed by atoms with Crippen molar-refractivity contribution in [3.63, 3.8) is 0 Å². The van der Waals surface area contributed by atoms with E-state index in [9.17, 15) is 19.8 Å². The Balaban J connectivity index is 2.01. The van der Waals surface area contributed by atoms with E-state index in [1.807, 2.05) is 60.7 Å². The summed E-state index contributed by atoms with van der Waals surface area (Å²) in [5, 5.41) is 20.0. The normalized spacial score (nSPS) is 16.7. The van der Waals surface area contributed by atoms with Crippen LogP contribution in [0.15, 0.2) is 85.0 Å². The first-order chi connectivity index (χ1) is 13.0. The highest BCUT2D eigenvalue weighted by Crippen LogP contribution is 2.45. The van der Waals surface area contributed by atoms with Gasteiger partial charge in [-0.1, -0.05) is 85.0 Å². The van der Waals surface area contributed by atoms with Crippen LogP contribution in [0.3, 0.4) is 0 Å². The zero-order valence-corrected chi connectivity index (χ0v) is 14.9. The van der Waals surface area contributed by atoms with E-state index >= 15 is 0 Å². The Labute approximate surface area is 158 Å². The number of carboxylic acids is 2. The minimum absolute atomic E-state index is 0.267. The van der Waals surface area contributed by atoms with E-state index in [1.165, 1.54) is 0 Å². The van der Waals surface area contributed by atoms with Gasteiger partial charge < -0.3 is 10.2 Å². The highest BCUT2D eigenvalue weighted by atomic mass is 16.4. The Kier molecular flexibility index (Phi) is 5.55. The van der Waals surface area contributed by atoms with Crippen molar-refractivity contribution in [2.24, 2.45) is 17.3 Å². The van der Waals surface area contributed by atoms with Gasteiger partial charge in [0, 0.05) is 5.41 Å². The molecule has 4 nitrogen and oxygen atoms in total. The van der Waals surface area contributed by atoms with Gasteiger partial charge in [0.05, 0.1) is 11.8 Å². The maximum Gasteiger partial charge on any atom is 0.308 e. The molecular weight excluding hydrogens is 340 g/mol. The molecule has 2 aromatic carbocycles. The Morgan fingerprint density at radius 2 is 1.07 bits per heavy atom. The van der Waals surface area contributed by atoms with Crippen molar-refractivity contribution in [1.82, 2.24) is 0 Å². The number of hydrogen-bond acceptors (Lipinski definition) is 2. The molecule has 4 heteroatoms. The summed E-state index contributed by atoms with van der Waals surface area (Å²) in [4.78, 5) is 24.4. The summed E-state index contributed by atoms with van der Waals surface area (Å²) < 4.78 is 0. The zero-order valence-electron chi connectivity index (χ0n) is 14.9. The van der Waals surface area contributed by atoms with Gasteiger partial charge in [0.15, 0.2) is 0 Å². The van der Waals surface area contributed by atoms with Crippen molar-refractivity contribution in [3.8, 4) is 0 Å². The van der Waals surface area contributed by atoms with Crippen LogP contribution in [0.4, 0.5) is 0 Å². The third-order valence-corrected chi connectivity index (χ3v) is 5.25. The van der Waals surface area contributed by atoms with Gasteiger partial charge >= 0.3 is 11.9 Å². The third-order valence-electron chi connectivity index (χ3n) is 5.25. The number of hydrogen-bond donors (Lipinski definition) is 2. The predicted molar refractivity (Wildman–Crippen MR) is 103 cm³/mol. The number of carbonyl (C=O) groups is 2. The van der Waals surface area contributed by atoms with E-state index in [4.69, 9.17) is 0 Å². The molecule has 0 spiro atoms. The standard InChI is InChI=1S/C23H22O4/c24-21(25)19(15-17-9-3-1-4-10-17)23(13-7-8-14-23)20(22(26)27)16-18-11-5-2-6-12-18/h1-14,19-20H,15-16H2,(H,24,25)(H,26,27). The predicted octanol–water partition coefficient (Wildman–Crippen LogP) is 3.99. The molecule has 2 atom stereocenters. The molecule has 0 radical (unpaired) electrons. The molecular formula is C23H22O4. The lowest BCUT2D eigenvalue weighted by atomic mass is 9.64. The molecule has 0 fully saturated rings. The second-order valence-corrected chi connectivity index (χ2v) is 6.88. The third kappa shape index (κ3) is 4.00. The Bertz CT molecular complexity index is 779. The SMILES string of the molecule is O=C(O)C(Cc1ccccc1)C1(C(Cc2ccccc2)C(=O)O)C=CC=C1. The molecule has 138 valence electrons. The maximum absolute atomic E-state index is 12.2. The van der Waals surface area contributed by atoms with Crippen molar-refractivity contribution in [3.05, 3.63) is 96.1 Å². The maximum atomic E-state index is 12.2. The van der Waals surface area contributed by atoms with Gasteiger partial charge in [-0.25, -0.2) is 0 Å². The largest absolute Gasteiger partial charge is 0.481 e. The summed E-state index contributed by atoms with van der Waals surface area (Å²) in [6, 6.07) is 18.7. The molecule has 2 unspecified atom stereocenters. The molecule has 1 aliphatic rings. The van der Waals surface area contributed by atoms with E-state index in [0.717, 1.165) is 11.1 Å². The number of carboxylic acid groups (broad SMARTS) is 2. The van der Waals surface area contributed by atoms with E-state index < -0.39 is 29.2 Å². The summed E-state index contributed by atoms with van der Waals surface area (Å²) in [6.45, 7) is 0. The molecule has 0 amide bonds. The molecule has 0 aromatic heterocycles. The van der Waals surface area contributed by atoms with E-state index in [0.29, 0.717) is 0 Å². The molecule has 0 saturated carbocycles. The summed E-state index contributed by atoms with van der Waals surface area (Å²) in [5.74, 6) is -3.73. The van der Waals surface area contributed by atoms with Crippen LogP contribution in [0.2, 0.25) is 0 Å². The van der Waals surface area contributed by atoms with E-state index in [-0.39, 0.29) is 12.8 Å². The summed E-state index contributed by atoms with van der Waals surface area (Å²) >= 11 is 0. The Morgan fingerprint density at radius 1 is 0.704 bits per heavy atom. The molecule has 0 saturated heterocycles. The molecule has 0 bridgehead atoms. The van der Waals surface area contributed by atoms with Crippen molar-refractivity contribution in [2.45, 2.75) is 12.8 Å². The van der Waals surface area contributed by atoms with Crippen molar-refractivity contribution >= 4 is 11.9 Å². The number of allylic oxidation sites excluding steroid dienone is 4. The van der Waals surface area contributed by atoms with Crippen LogP contribution in [0.1, 0.15) is 11.1 Å². The van der Waals surface area contributed by atoms with Crippen LogP contribution in [0, 0.1) is 17.3 Å². The van der Waals surface area contributed by atoms with Crippen LogP contribution < -0.4 is 0 Å². The molecule has 0 aliphatic heterocycles. The number of rotatable bonds is 8. The minimum Gasteiger partial charge on any atom is -0.481 e. The molecule has 27 heavy (non-hydrogen) atoms. The quantitative estimate of drug-likeness (QED) is 0.745. The van der Waals surface area contributed by atoms with Crippen LogP contribution in [0.5, 0.6) is 0 Å². The van der Waals surface area contributed by atoms with Crippen LogP contribution in [0.25, 0.3) is 0 Å². The molecule has 0 heterocycles.